The predicted molar refractivity (Wildman–Crippen MR) is 169 cm³/mol. The van der Waals surface area contributed by atoms with Gasteiger partial charge in [-0.3, -0.25) is 19.4 Å². The van der Waals surface area contributed by atoms with E-state index < -0.39 is 0 Å². The van der Waals surface area contributed by atoms with Crippen molar-refractivity contribution in [2.45, 2.75) is 13.8 Å². The second kappa shape index (κ2) is 11.6. The summed E-state index contributed by atoms with van der Waals surface area (Å²) in [5.41, 5.74) is 4.93. The minimum Gasteiger partial charge on any atom is -0.456 e. The normalized spacial score (nSPS) is 10.8. The molecule has 6 rings (SSSR count). The number of hydrogen-bond acceptors (Lipinski definition) is 5. The highest BCUT2D eigenvalue weighted by Crippen LogP contribution is 2.34. The number of fused-ring (bicyclic) bond motifs is 1. The van der Waals surface area contributed by atoms with E-state index in [1.165, 1.54) is 6.07 Å². The van der Waals surface area contributed by atoms with Crippen molar-refractivity contribution >= 4 is 34.2 Å². The lowest BCUT2D eigenvalue weighted by molar-refractivity contribution is 0.102. The van der Waals surface area contributed by atoms with Crippen LogP contribution in [0.4, 0.5) is 11.4 Å². The van der Waals surface area contributed by atoms with Crippen molar-refractivity contribution < 1.29 is 14.0 Å². The monoisotopic (exact) mass is 565 g/mol. The van der Waals surface area contributed by atoms with Gasteiger partial charge in [0.05, 0.1) is 27.9 Å². The van der Waals surface area contributed by atoms with Crippen molar-refractivity contribution in [3.05, 3.63) is 148 Å². The molecule has 43 heavy (non-hydrogen) atoms. The van der Waals surface area contributed by atoms with E-state index in [1.807, 2.05) is 66.7 Å². The highest BCUT2D eigenvalue weighted by molar-refractivity contribution is 6.16. The Balaban J connectivity index is 1.48. The van der Waals surface area contributed by atoms with E-state index in [0.29, 0.717) is 56.2 Å². The molecule has 0 saturated carbocycles. The van der Waals surface area contributed by atoms with E-state index in [9.17, 15) is 14.4 Å². The van der Waals surface area contributed by atoms with Crippen LogP contribution in [0.5, 0.6) is 0 Å². The molecule has 210 valence electrons. The minimum absolute atomic E-state index is 0.138. The van der Waals surface area contributed by atoms with Crippen molar-refractivity contribution in [3.63, 3.8) is 0 Å². The molecule has 0 aliphatic carbocycles. The molecule has 0 atom stereocenters. The third-order valence-electron chi connectivity index (χ3n) is 7.17. The summed E-state index contributed by atoms with van der Waals surface area (Å²) in [6.45, 7) is 3.51. The summed E-state index contributed by atoms with van der Waals surface area (Å²) in [5.74, 6) is -0.351. The summed E-state index contributed by atoms with van der Waals surface area (Å²) in [6, 6.07) is 34.1. The number of carbonyl (C=O) groups excluding carboxylic acids is 2. The minimum atomic E-state index is -0.385. The Morgan fingerprint density at radius 3 is 1.67 bits per heavy atom. The van der Waals surface area contributed by atoms with Gasteiger partial charge in [-0.25, -0.2) is 0 Å². The number of pyridine rings is 1. The number of nitrogens with zero attached hydrogens (tertiary/aromatic N) is 1. The third kappa shape index (κ3) is 5.56. The Morgan fingerprint density at radius 2 is 1.12 bits per heavy atom. The lowest BCUT2D eigenvalue weighted by Gasteiger charge is -2.19. The highest BCUT2D eigenvalue weighted by atomic mass is 16.3. The van der Waals surface area contributed by atoms with Gasteiger partial charge in [0.2, 0.25) is 0 Å². The van der Waals surface area contributed by atoms with Crippen molar-refractivity contribution in [2.75, 3.05) is 10.6 Å². The lowest BCUT2D eigenvalue weighted by Crippen LogP contribution is -2.22. The number of nitrogens with one attached hydrogen (secondary N) is 2. The third-order valence-corrected chi connectivity index (χ3v) is 7.17. The van der Waals surface area contributed by atoms with Crippen LogP contribution in [0.3, 0.4) is 0 Å². The van der Waals surface area contributed by atoms with Gasteiger partial charge < -0.3 is 15.1 Å². The maximum absolute atomic E-state index is 13.8. The summed E-state index contributed by atoms with van der Waals surface area (Å²) >= 11 is 0. The largest absolute Gasteiger partial charge is 0.456 e. The Morgan fingerprint density at radius 1 is 0.628 bits per heavy atom. The summed E-state index contributed by atoms with van der Waals surface area (Å²) in [5, 5.41) is 6.40. The van der Waals surface area contributed by atoms with E-state index >= 15 is 0 Å². The van der Waals surface area contributed by atoms with Gasteiger partial charge in [-0.2, -0.15) is 0 Å². The maximum Gasteiger partial charge on any atom is 0.258 e. The number of amides is 2. The van der Waals surface area contributed by atoms with Gasteiger partial charge in [0, 0.05) is 28.6 Å². The van der Waals surface area contributed by atoms with Crippen LogP contribution >= 0.6 is 0 Å². The first kappa shape index (κ1) is 27.4. The van der Waals surface area contributed by atoms with E-state index in [-0.39, 0.29) is 28.4 Å². The van der Waals surface area contributed by atoms with Gasteiger partial charge >= 0.3 is 0 Å². The van der Waals surface area contributed by atoms with Gasteiger partial charge in [-0.05, 0) is 55.8 Å². The van der Waals surface area contributed by atoms with Crippen molar-refractivity contribution in [2.24, 2.45) is 0 Å². The molecule has 7 heteroatoms. The van der Waals surface area contributed by atoms with Crippen LogP contribution in [0, 0.1) is 13.8 Å². The van der Waals surface area contributed by atoms with E-state index in [2.05, 4.69) is 15.6 Å². The number of carbonyl (C=O) groups is 2. The molecule has 0 unspecified atom stereocenters. The van der Waals surface area contributed by atoms with Gasteiger partial charge in [0.1, 0.15) is 11.3 Å². The zero-order chi connectivity index (χ0) is 29.9. The van der Waals surface area contributed by atoms with E-state index in [0.717, 1.165) is 0 Å². The molecule has 6 aromatic rings. The fourth-order valence-corrected chi connectivity index (χ4v) is 5.17. The van der Waals surface area contributed by atoms with Gasteiger partial charge in [0.15, 0.2) is 5.43 Å². The molecular weight excluding hydrogens is 538 g/mol. The molecule has 0 radical (unpaired) electrons. The first-order valence-electron chi connectivity index (χ1n) is 13.8. The molecule has 0 aliphatic heterocycles. The second-order valence-electron chi connectivity index (χ2n) is 10.1. The smallest absolute Gasteiger partial charge is 0.258 e. The number of hydrogen-bond donors (Lipinski definition) is 2. The first-order chi connectivity index (χ1) is 20.9. The fraction of sp³-hybridized carbons (Fsp3) is 0.0556. The Bertz CT molecular complexity index is 1960. The average molecular weight is 566 g/mol. The number of aryl methyl sites for hydroxylation is 2. The second-order valence-corrected chi connectivity index (χ2v) is 10.1. The molecule has 2 amide bonds. The maximum atomic E-state index is 13.8. The highest BCUT2D eigenvalue weighted by Gasteiger charge is 2.26. The Labute approximate surface area is 247 Å². The zero-order valence-electron chi connectivity index (χ0n) is 23.5. The Kier molecular flexibility index (Phi) is 7.37. The number of rotatable bonds is 6. The lowest BCUT2D eigenvalue weighted by atomic mass is 9.90. The number of benzene rings is 4. The summed E-state index contributed by atoms with van der Waals surface area (Å²) < 4.78 is 6.03. The predicted octanol–water partition coefficient (Wildman–Crippen LogP) is 7.64. The molecule has 7 nitrogen and oxygen atoms in total. The molecule has 2 aromatic heterocycles. The van der Waals surface area contributed by atoms with E-state index in [4.69, 9.17) is 4.42 Å². The first-order valence-corrected chi connectivity index (χ1v) is 13.8. The molecule has 0 fully saturated rings. The van der Waals surface area contributed by atoms with Gasteiger partial charge in [-0.15, -0.1) is 0 Å². The molecule has 2 N–H and O–H groups in total. The summed E-state index contributed by atoms with van der Waals surface area (Å²) in [7, 11) is 0. The molecule has 0 spiro atoms. The molecule has 4 aromatic carbocycles. The molecule has 0 saturated heterocycles. The van der Waals surface area contributed by atoms with Crippen LogP contribution in [0.25, 0.3) is 33.4 Å². The zero-order valence-corrected chi connectivity index (χ0v) is 23.5. The van der Waals surface area contributed by atoms with Crippen LogP contribution < -0.4 is 16.1 Å². The molecular formula is C36H27N3O4. The van der Waals surface area contributed by atoms with Gasteiger partial charge in [-0.1, -0.05) is 72.8 Å². The summed E-state index contributed by atoms with van der Waals surface area (Å²) in [4.78, 5) is 44.9. The quantitative estimate of drug-likeness (QED) is 0.216. The van der Waals surface area contributed by atoms with E-state index in [1.54, 1.807) is 56.3 Å². The number of aromatic nitrogens is 1. The molecule has 0 bridgehead atoms. The van der Waals surface area contributed by atoms with Crippen molar-refractivity contribution in [1.29, 1.82) is 0 Å². The SMILES string of the molecule is Cc1nc(C)c(C(=O)Nc2ccccc2)c(-c2ccc(-c3cc(=O)c4ccccc4o3)cc2)c1C(=O)Nc1ccccc1. The molecule has 2 heterocycles. The van der Waals surface area contributed by atoms with Crippen molar-refractivity contribution in [1.82, 2.24) is 4.98 Å². The number of anilines is 2. The fourth-order valence-electron chi connectivity index (χ4n) is 5.17. The van der Waals surface area contributed by atoms with Crippen LogP contribution in [0.1, 0.15) is 32.1 Å². The van der Waals surface area contributed by atoms with Crippen LogP contribution in [-0.4, -0.2) is 16.8 Å². The summed E-state index contributed by atoms with van der Waals surface area (Å²) in [6.07, 6.45) is 0. The topological polar surface area (TPSA) is 101 Å². The van der Waals surface area contributed by atoms with Crippen LogP contribution in [0.2, 0.25) is 0 Å². The standard InChI is InChI=1S/C36H27N3O4/c1-22-32(35(41)38-26-11-5-3-6-12-26)34(33(23(2)37-22)36(42)39-27-13-7-4-8-14-27)25-19-17-24(18-20-25)31-21-29(40)28-15-9-10-16-30(28)43-31/h3-21H,1-2H3,(H,38,41)(H,39,42). The van der Waals surface area contributed by atoms with Gasteiger partial charge in [0.25, 0.3) is 11.8 Å². The molecule has 0 aliphatic rings. The Hall–Kier alpha value is -5.82. The van der Waals surface area contributed by atoms with Crippen LogP contribution in [0.15, 0.2) is 124 Å². The number of para-hydroxylation sites is 3. The average Bonchev–Trinajstić information content (AvgIpc) is 3.01. The van der Waals surface area contributed by atoms with Crippen LogP contribution in [-0.2, 0) is 0 Å². The van der Waals surface area contributed by atoms with Crippen molar-refractivity contribution in [3.8, 4) is 22.5 Å².